The molecular weight excluding hydrogens is 333 g/mol. The maximum Gasteiger partial charge on any atom is 0.310 e. The summed E-state index contributed by atoms with van der Waals surface area (Å²) in [6.45, 7) is 9.22. The smallest absolute Gasteiger partial charge is 0.310 e. The standard InChI is InChI=1S/C10H18O4P2.C2H7O2P/c1-15(2,11)13-9-6-5-7-10(8-9)14-16(3,4)12;1-5(2,3)4/h5-8,11-12H,1-4H3;1-2H3,(H,3,4)/q+2;. The Morgan fingerprint density at radius 2 is 1.24 bits per heavy atom. The van der Waals surface area contributed by atoms with Gasteiger partial charge in [0.25, 0.3) is 0 Å². The van der Waals surface area contributed by atoms with Gasteiger partial charge in [-0.3, -0.25) is 4.57 Å². The van der Waals surface area contributed by atoms with E-state index >= 15 is 0 Å². The summed E-state index contributed by atoms with van der Waals surface area (Å²) in [6.07, 6.45) is 0. The van der Waals surface area contributed by atoms with Gasteiger partial charge in [-0.2, -0.15) is 0 Å². The van der Waals surface area contributed by atoms with Gasteiger partial charge >= 0.3 is 15.4 Å². The van der Waals surface area contributed by atoms with E-state index in [0.717, 1.165) is 0 Å². The summed E-state index contributed by atoms with van der Waals surface area (Å²) in [5, 5.41) is 0. The lowest BCUT2D eigenvalue weighted by Crippen LogP contribution is -1.98. The SMILES string of the molecule is CP(C)(=O)O.C[P+](C)(O)Oc1cccc(O[P+](C)(C)O)c1. The molecule has 0 spiro atoms. The molecule has 3 N–H and O–H groups in total. The molecule has 0 saturated heterocycles. The molecule has 1 aromatic rings. The Morgan fingerprint density at radius 1 is 0.952 bits per heavy atom. The Labute approximate surface area is 127 Å². The van der Waals surface area contributed by atoms with Crippen LogP contribution in [0, 0.1) is 0 Å². The Balaban J connectivity index is 0.000000690. The molecule has 0 atom stereocenters. The highest BCUT2D eigenvalue weighted by Crippen LogP contribution is 2.50. The van der Waals surface area contributed by atoms with E-state index < -0.39 is 22.8 Å². The van der Waals surface area contributed by atoms with E-state index in [2.05, 4.69) is 0 Å². The second kappa shape index (κ2) is 7.87. The quantitative estimate of drug-likeness (QED) is 0.716. The average molecular weight is 358 g/mol. The minimum atomic E-state index is -2.64. The van der Waals surface area contributed by atoms with E-state index in [-0.39, 0.29) is 0 Å². The highest BCUT2D eigenvalue weighted by atomic mass is 31.2. The maximum atomic E-state index is 9.77. The van der Waals surface area contributed by atoms with Gasteiger partial charge in [-0.25, -0.2) is 9.79 Å². The highest BCUT2D eigenvalue weighted by molar-refractivity contribution is 7.64. The van der Waals surface area contributed by atoms with E-state index in [0.29, 0.717) is 11.5 Å². The van der Waals surface area contributed by atoms with Crippen molar-refractivity contribution in [1.29, 1.82) is 0 Å². The first-order valence-corrected chi connectivity index (χ1v) is 13.7. The van der Waals surface area contributed by atoms with Crippen molar-refractivity contribution in [3.8, 4) is 11.5 Å². The Bertz CT molecular complexity index is 447. The molecule has 1 aromatic carbocycles. The van der Waals surface area contributed by atoms with Crippen molar-refractivity contribution < 1.29 is 28.3 Å². The number of rotatable bonds is 4. The van der Waals surface area contributed by atoms with Gasteiger partial charge in [-0.1, -0.05) is 6.07 Å². The third-order valence-electron chi connectivity index (χ3n) is 1.46. The van der Waals surface area contributed by atoms with Crippen molar-refractivity contribution in [2.24, 2.45) is 0 Å². The van der Waals surface area contributed by atoms with Crippen LogP contribution in [0.15, 0.2) is 24.3 Å². The zero-order valence-corrected chi connectivity index (χ0v) is 15.9. The zero-order chi connectivity index (χ0) is 16.9. The van der Waals surface area contributed by atoms with Crippen LogP contribution in [0.1, 0.15) is 0 Å². The molecule has 0 aliphatic rings. The molecular formula is C12H25O6P3+2. The van der Waals surface area contributed by atoms with Gasteiger partial charge in [0.05, 0.1) is 0 Å². The molecule has 0 aliphatic carbocycles. The lowest BCUT2D eigenvalue weighted by molar-refractivity contribution is 0.460. The summed E-state index contributed by atoms with van der Waals surface area (Å²) in [7, 11) is -7.27. The first-order valence-electron chi connectivity index (χ1n) is 6.06. The number of benzene rings is 1. The molecule has 0 radical (unpaired) electrons. The van der Waals surface area contributed by atoms with Crippen molar-refractivity contribution in [3.63, 3.8) is 0 Å². The van der Waals surface area contributed by atoms with Crippen LogP contribution in [0.3, 0.4) is 0 Å². The summed E-state index contributed by atoms with van der Waals surface area (Å²) in [5.41, 5.74) is 0. The third kappa shape index (κ3) is 16.0. The lowest BCUT2D eigenvalue weighted by Gasteiger charge is -2.12. The summed E-state index contributed by atoms with van der Waals surface area (Å²) < 4.78 is 20.5. The van der Waals surface area contributed by atoms with Gasteiger partial charge in [-0.15, -0.1) is 0 Å². The highest BCUT2D eigenvalue weighted by Gasteiger charge is 2.27. The Kier molecular flexibility index (Phi) is 7.79. The molecule has 6 nitrogen and oxygen atoms in total. The first-order chi connectivity index (χ1) is 9.16. The van der Waals surface area contributed by atoms with Crippen LogP contribution >= 0.6 is 22.8 Å². The van der Waals surface area contributed by atoms with E-state index in [4.69, 9.17) is 13.9 Å². The van der Waals surface area contributed by atoms with Crippen molar-refractivity contribution >= 4 is 22.8 Å². The largest absolute Gasteiger partial charge is 0.345 e. The first kappa shape index (κ1) is 20.8. The van der Waals surface area contributed by atoms with Crippen molar-refractivity contribution in [2.75, 3.05) is 40.0 Å². The van der Waals surface area contributed by atoms with Gasteiger partial charge in [0.1, 0.15) is 26.7 Å². The van der Waals surface area contributed by atoms with Crippen molar-refractivity contribution in [2.45, 2.75) is 0 Å². The van der Waals surface area contributed by atoms with Crippen LogP contribution in [0.25, 0.3) is 0 Å². The predicted octanol–water partition coefficient (Wildman–Crippen LogP) is 3.16. The van der Waals surface area contributed by atoms with Crippen LogP contribution in [0.4, 0.5) is 0 Å². The van der Waals surface area contributed by atoms with Gasteiger partial charge in [0.2, 0.25) is 0 Å². The molecule has 0 bridgehead atoms. The fourth-order valence-electron chi connectivity index (χ4n) is 1.10. The molecule has 0 amide bonds. The topological polar surface area (TPSA) is 96.2 Å². The molecule has 0 aliphatic heterocycles. The molecule has 1 rings (SSSR count). The number of hydrogen-bond donors (Lipinski definition) is 3. The molecule has 122 valence electrons. The molecule has 0 fully saturated rings. The summed E-state index contributed by atoms with van der Waals surface area (Å²) in [4.78, 5) is 27.3. The molecule has 21 heavy (non-hydrogen) atoms. The fourth-order valence-corrected chi connectivity index (χ4v) is 2.36. The fraction of sp³-hybridized carbons (Fsp3) is 0.500. The zero-order valence-electron chi connectivity index (χ0n) is 13.2. The van der Waals surface area contributed by atoms with E-state index in [1.807, 2.05) is 0 Å². The maximum absolute atomic E-state index is 9.77. The van der Waals surface area contributed by atoms with Gasteiger partial charge in [-0.05, 0) is 12.1 Å². The summed E-state index contributed by atoms with van der Waals surface area (Å²) in [5.74, 6) is 1.10. The van der Waals surface area contributed by atoms with Gasteiger partial charge < -0.3 is 13.9 Å². The van der Waals surface area contributed by atoms with Crippen LogP contribution in [-0.2, 0) is 4.57 Å². The summed E-state index contributed by atoms with van der Waals surface area (Å²) >= 11 is 0. The van der Waals surface area contributed by atoms with E-state index in [9.17, 15) is 14.4 Å². The molecule has 0 unspecified atom stereocenters. The normalized spacial score (nSPS) is 12.2. The molecule has 9 heteroatoms. The minimum Gasteiger partial charge on any atom is -0.345 e. The monoisotopic (exact) mass is 358 g/mol. The Morgan fingerprint density at radius 3 is 1.48 bits per heavy atom. The average Bonchev–Trinajstić information content (AvgIpc) is 2.08. The van der Waals surface area contributed by atoms with Crippen LogP contribution in [0.2, 0.25) is 0 Å². The minimum absolute atomic E-state index is 0.548. The molecule has 0 aromatic heterocycles. The van der Waals surface area contributed by atoms with Crippen LogP contribution in [-0.4, -0.2) is 54.7 Å². The Hall–Kier alpha value is -0.210. The summed E-state index contributed by atoms with van der Waals surface area (Å²) in [6, 6.07) is 6.91. The number of hydrogen-bond acceptors (Lipinski definition) is 5. The van der Waals surface area contributed by atoms with E-state index in [1.165, 1.54) is 13.3 Å². The second-order valence-electron chi connectivity index (χ2n) is 5.54. The van der Waals surface area contributed by atoms with Crippen LogP contribution in [0.5, 0.6) is 11.5 Å². The third-order valence-corrected chi connectivity index (χ3v) is 2.78. The van der Waals surface area contributed by atoms with Crippen molar-refractivity contribution in [1.82, 2.24) is 0 Å². The van der Waals surface area contributed by atoms with E-state index in [1.54, 1.807) is 50.9 Å². The van der Waals surface area contributed by atoms with Gasteiger partial charge in [0.15, 0.2) is 18.9 Å². The van der Waals surface area contributed by atoms with Crippen LogP contribution < -0.4 is 9.05 Å². The molecule has 0 heterocycles. The van der Waals surface area contributed by atoms with Gasteiger partial charge in [0, 0.05) is 19.4 Å². The van der Waals surface area contributed by atoms with Crippen molar-refractivity contribution in [3.05, 3.63) is 24.3 Å². The molecule has 0 saturated carbocycles. The predicted molar refractivity (Wildman–Crippen MR) is 91.3 cm³/mol. The second-order valence-corrected chi connectivity index (χ2v) is 13.7. The lowest BCUT2D eigenvalue weighted by atomic mass is 10.3.